The van der Waals surface area contributed by atoms with E-state index in [9.17, 15) is 18.0 Å². The Balaban J connectivity index is 0.000000202. The third-order valence-corrected chi connectivity index (χ3v) is 4.31. The van der Waals surface area contributed by atoms with Crippen molar-refractivity contribution in [3.63, 3.8) is 0 Å². The summed E-state index contributed by atoms with van der Waals surface area (Å²) in [6, 6.07) is 9.39. The number of fused-ring (bicyclic) bond motifs is 2. The van der Waals surface area contributed by atoms with Crippen molar-refractivity contribution in [1.82, 2.24) is 19.9 Å². The minimum atomic E-state index is -4.75. The summed E-state index contributed by atoms with van der Waals surface area (Å²) in [4.78, 5) is 31.5. The van der Waals surface area contributed by atoms with Crippen LogP contribution in [0.15, 0.2) is 61.2 Å². The van der Waals surface area contributed by atoms with Crippen LogP contribution in [0.5, 0.6) is 0 Å². The summed E-state index contributed by atoms with van der Waals surface area (Å²) in [6.45, 7) is 0.155. The monoisotopic (exact) mass is 423 g/mol. The first-order valence-corrected chi connectivity index (χ1v) is 9.92. The highest BCUT2D eigenvalue weighted by molar-refractivity contribution is 7.80. The van der Waals surface area contributed by atoms with Crippen molar-refractivity contribution in [2.75, 3.05) is 6.54 Å². The Morgan fingerprint density at radius 3 is 1.90 bits per heavy atom. The van der Waals surface area contributed by atoms with Crippen LogP contribution in [0.25, 0.3) is 0 Å². The fourth-order valence-corrected chi connectivity index (χ4v) is 3.14. The highest BCUT2D eigenvalue weighted by Crippen LogP contribution is 2.30. The van der Waals surface area contributed by atoms with Crippen LogP contribution < -0.4 is 5.73 Å². The third kappa shape index (κ3) is 7.10. The number of rotatable bonds is 3. The number of pyridine rings is 2. The molecule has 29 heavy (non-hydrogen) atoms. The van der Waals surface area contributed by atoms with E-state index >= 15 is 0 Å². The second kappa shape index (κ2) is 10.5. The van der Waals surface area contributed by atoms with E-state index in [4.69, 9.17) is 10.3 Å². The van der Waals surface area contributed by atoms with Crippen molar-refractivity contribution in [2.24, 2.45) is 5.73 Å². The Morgan fingerprint density at radius 1 is 1.03 bits per heavy atom. The molecule has 2 fully saturated rings. The third-order valence-electron chi connectivity index (χ3n) is 3.96. The quantitative estimate of drug-likeness (QED) is 0.681. The smallest absolute Gasteiger partial charge is 0.368 e. The average Bonchev–Trinajstić information content (AvgIpc) is 2.95. The first-order valence-electron chi connectivity index (χ1n) is 8.55. The van der Waals surface area contributed by atoms with E-state index in [0.29, 0.717) is 17.9 Å². The largest absolute Gasteiger partial charge is 0.418 e. The van der Waals surface area contributed by atoms with E-state index in [1.165, 1.54) is 0 Å². The number of primary amides is 1. The van der Waals surface area contributed by atoms with Crippen LogP contribution in [0.1, 0.15) is 12.8 Å². The van der Waals surface area contributed by atoms with Gasteiger partial charge >= 0.3 is 16.4 Å². The summed E-state index contributed by atoms with van der Waals surface area (Å²) < 4.78 is 33.8. The molecule has 12 heteroatoms. The van der Waals surface area contributed by atoms with Crippen LogP contribution in [0.2, 0.25) is 0 Å². The van der Waals surface area contributed by atoms with Gasteiger partial charge in [-0.2, -0.15) is 13.5 Å². The molecular weight excluding hydrogens is 402 g/mol. The number of carbonyl (C=O) groups excluding carboxylic acids is 2. The molecule has 11 nitrogen and oxygen atoms in total. The molecular formula is C17H21N5O6S. The Hall–Kier alpha value is -3.09. The predicted molar refractivity (Wildman–Crippen MR) is 101 cm³/mol. The van der Waals surface area contributed by atoms with Crippen molar-refractivity contribution < 1.29 is 26.8 Å². The van der Waals surface area contributed by atoms with Gasteiger partial charge in [-0.15, -0.1) is 4.28 Å². The van der Waals surface area contributed by atoms with Gasteiger partial charge in [-0.25, -0.2) is 4.79 Å². The number of carbonyl (C=O) groups is 2. The number of nitrogens with two attached hydrogens (primary N) is 1. The summed E-state index contributed by atoms with van der Waals surface area (Å²) in [5, 5.41) is 0.568. The maximum absolute atomic E-state index is 11.7. The molecule has 0 aromatic carbocycles. The molecule has 156 valence electrons. The van der Waals surface area contributed by atoms with Gasteiger partial charge in [0.15, 0.2) is 0 Å². The van der Waals surface area contributed by atoms with Gasteiger partial charge in [0, 0.05) is 31.3 Å². The lowest BCUT2D eigenvalue weighted by molar-refractivity contribution is -0.122. The lowest BCUT2D eigenvalue weighted by atomic mass is 10.0. The van der Waals surface area contributed by atoms with Gasteiger partial charge in [0.25, 0.3) is 0 Å². The molecule has 2 atom stereocenters. The van der Waals surface area contributed by atoms with Crippen LogP contribution in [-0.4, -0.2) is 63.5 Å². The first kappa shape index (κ1) is 22.2. The summed E-state index contributed by atoms with van der Waals surface area (Å²) in [5.74, 6) is -0.648. The number of hydroxylamine groups is 2. The second-order valence-corrected chi connectivity index (χ2v) is 6.97. The number of hydrogen-bond acceptors (Lipinski definition) is 7. The lowest BCUT2D eigenvalue weighted by Gasteiger charge is -2.27. The van der Waals surface area contributed by atoms with Crippen molar-refractivity contribution in [3.8, 4) is 0 Å². The van der Waals surface area contributed by atoms with E-state index in [-0.39, 0.29) is 6.54 Å². The Bertz CT molecular complexity index is 799. The minimum Gasteiger partial charge on any atom is -0.368 e. The molecule has 0 radical (unpaired) electrons. The van der Waals surface area contributed by atoms with Crippen LogP contribution in [0, 0.1) is 0 Å². The predicted octanol–water partition coefficient (Wildman–Crippen LogP) is 0.638. The molecule has 0 aliphatic carbocycles. The maximum atomic E-state index is 11.7. The molecule has 2 aromatic heterocycles. The Kier molecular flexibility index (Phi) is 8.00. The molecule has 3 N–H and O–H groups in total. The van der Waals surface area contributed by atoms with E-state index in [2.05, 4.69) is 14.3 Å². The van der Waals surface area contributed by atoms with Crippen LogP contribution in [-0.2, 0) is 19.5 Å². The standard InChI is InChI=1S/C7H11N3O6S.2C5H5N/c8-6(11)5-2-1-4-3-9(5)7(12)10(4)16-17(13,14)15;2*1-2-4-6-5-3-1/h4-5H,1-3H2,(H2,8,11)(H,13,14,15);2*1-5H/t4-,5-;;/m1../s1. The zero-order chi connectivity index (χ0) is 21.3. The fraction of sp³-hybridized carbons (Fsp3) is 0.294. The van der Waals surface area contributed by atoms with Crippen molar-refractivity contribution >= 4 is 22.3 Å². The lowest BCUT2D eigenvalue weighted by Crippen LogP contribution is -2.47. The van der Waals surface area contributed by atoms with E-state index in [0.717, 1.165) is 4.90 Å². The van der Waals surface area contributed by atoms with Gasteiger partial charge in [-0.3, -0.25) is 19.3 Å². The fourth-order valence-electron chi connectivity index (χ4n) is 2.75. The topological polar surface area (TPSA) is 156 Å². The highest BCUT2D eigenvalue weighted by Gasteiger charge is 2.48. The summed E-state index contributed by atoms with van der Waals surface area (Å²) in [6.07, 6.45) is 7.72. The summed E-state index contributed by atoms with van der Waals surface area (Å²) >= 11 is 0. The van der Waals surface area contributed by atoms with E-state index in [1.54, 1.807) is 24.8 Å². The van der Waals surface area contributed by atoms with Crippen molar-refractivity contribution in [3.05, 3.63) is 61.2 Å². The molecule has 4 heterocycles. The molecule has 2 saturated heterocycles. The summed E-state index contributed by atoms with van der Waals surface area (Å²) in [5.41, 5.74) is 5.13. The molecule has 2 bridgehead atoms. The zero-order valence-corrected chi connectivity index (χ0v) is 16.1. The first-order chi connectivity index (χ1) is 13.8. The second-order valence-electron chi connectivity index (χ2n) is 5.96. The van der Waals surface area contributed by atoms with Crippen LogP contribution in [0.3, 0.4) is 0 Å². The molecule has 2 aromatic rings. The Morgan fingerprint density at radius 2 is 1.55 bits per heavy atom. The highest BCUT2D eigenvalue weighted by atomic mass is 32.3. The molecule has 3 amide bonds. The molecule has 0 unspecified atom stereocenters. The van der Waals surface area contributed by atoms with Gasteiger partial charge in [0.2, 0.25) is 5.91 Å². The number of amides is 3. The molecule has 2 aliphatic rings. The number of urea groups is 1. The number of piperidine rings is 1. The van der Waals surface area contributed by atoms with Gasteiger partial charge in [-0.1, -0.05) is 12.1 Å². The molecule has 2 aliphatic heterocycles. The zero-order valence-electron chi connectivity index (χ0n) is 15.3. The van der Waals surface area contributed by atoms with Gasteiger partial charge < -0.3 is 10.6 Å². The van der Waals surface area contributed by atoms with E-state index < -0.39 is 34.4 Å². The van der Waals surface area contributed by atoms with E-state index in [1.807, 2.05) is 36.4 Å². The maximum Gasteiger partial charge on any atom is 0.418 e. The number of hydrogen-bond donors (Lipinski definition) is 2. The van der Waals surface area contributed by atoms with Gasteiger partial charge in [0.1, 0.15) is 6.04 Å². The van der Waals surface area contributed by atoms with Gasteiger partial charge in [-0.05, 0) is 37.1 Å². The van der Waals surface area contributed by atoms with Crippen LogP contribution in [0.4, 0.5) is 4.79 Å². The average molecular weight is 423 g/mol. The molecule has 0 saturated carbocycles. The molecule has 0 spiro atoms. The molecule has 4 rings (SSSR count). The SMILES string of the molecule is NC(=O)[C@H]1CC[C@@H]2CN1C(=O)N2OS(=O)(=O)O.c1ccncc1.c1ccncc1. The van der Waals surface area contributed by atoms with Crippen molar-refractivity contribution in [2.45, 2.75) is 24.9 Å². The number of nitrogens with zero attached hydrogens (tertiary/aromatic N) is 4. The Labute approximate surface area is 168 Å². The van der Waals surface area contributed by atoms with Crippen molar-refractivity contribution in [1.29, 1.82) is 0 Å². The normalized spacial score (nSPS) is 20.1. The van der Waals surface area contributed by atoms with Gasteiger partial charge in [0.05, 0.1) is 6.04 Å². The summed E-state index contributed by atoms with van der Waals surface area (Å²) in [7, 11) is -4.75. The minimum absolute atomic E-state index is 0.155. The van der Waals surface area contributed by atoms with Crippen LogP contribution >= 0.6 is 0 Å². The number of aromatic nitrogens is 2.